The first-order chi connectivity index (χ1) is 13.0. The predicted molar refractivity (Wildman–Crippen MR) is 107 cm³/mol. The fourth-order valence-corrected chi connectivity index (χ4v) is 3.80. The summed E-state index contributed by atoms with van der Waals surface area (Å²) in [6.45, 7) is 4.06. The van der Waals surface area contributed by atoms with Gasteiger partial charge in [0.05, 0.1) is 6.10 Å². The Balaban J connectivity index is 1.45. The molecule has 0 radical (unpaired) electrons. The molecule has 2 aromatic carbocycles. The summed E-state index contributed by atoms with van der Waals surface area (Å²) >= 11 is 0. The van der Waals surface area contributed by atoms with Crippen LogP contribution in [0.4, 0.5) is 10.1 Å². The zero-order chi connectivity index (χ0) is 19.2. The van der Waals surface area contributed by atoms with Crippen molar-refractivity contribution < 1.29 is 13.9 Å². The summed E-state index contributed by atoms with van der Waals surface area (Å²) in [7, 11) is 0. The Morgan fingerprint density at radius 3 is 2.26 bits per heavy atom. The largest absolute Gasteiger partial charge is 0.491 e. The lowest BCUT2D eigenvalue weighted by Gasteiger charge is -2.28. The van der Waals surface area contributed by atoms with Gasteiger partial charge in [-0.3, -0.25) is 4.79 Å². The van der Waals surface area contributed by atoms with Crippen molar-refractivity contribution in [1.82, 2.24) is 0 Å². The molecule has 3 rings (SSSR count). The van der Waals surface area contributed by atoms with Crippen LogP contribution in [0.15, 0.2) is 48.5 Å². The van der Waals surface area contributed by atoms with Crippen molar-refractivity contribution in [3.63, 3.8) is 0 Å². The molecule has 1 aliphatic carbocycles. The Kier molecular flexibility index (Phi) is 6.49. The average Bonchev–Trinajstić information content (AvgIpc) is 2.64. The smallest absolute Gasteiger partial charge is 0.224 e. The van der Waals surface area contributed by atoms with Gasteiger partial charge in [0.25, 0.3) is 0 Å². The molecular formula is C23H28FNO2. The van der Waals surface area contributed by atoms with Crippen LogP contribution in [0.25, 0.3) is 0 Å². The van der Waals surface area contributed by atoms with Crippen LogP contribution < -0.4 is 10.1 Å². The van der Waals surface area contributed by atoms with Gasteiger partial charge in [-0.25, -0.2) is 4.39 Å². The van der Waals surface area contributed by atoms with Gasteiger partial charge in [-0.2, -0.15) is 0 Å². The molecule has 1 amide bonds. The highest BCUT2D eigenvalue weighted by molar-refractivity contribution is 5.90. The minimum Gasteiger partial charge on any atom is -0.491 e. The van der Waals surface area contributed by atoms with E-state index in [1.165, 1.54) is 17.7 Å². The topological polar surface area (TPSA) is 38.3 Å². The standard InChI is InChI=1S/C23H28FNO2/c1-16(2)27-22-13-7-19(8-14-22)18-5-3-17(4-6-18)15-23(26)25-21-11-9-20(24)10-12-21/h7-14,16-18H,3-6,15H2,1-2H3,(H,25,26)/t17-,18-. The van der Waals surface area contributed by atoms with Crippen molar-refractivity contribution in [3.05, 3.63) is 59.9 Å². The van der Waals surface area contributed by atoms with E-state index in [0.717, 1.165) is 31.4 Å². The maximum Gasteiger partial charge on any atom is 0.224 e. The summed E-state index contributed by atoms with van der Waals surface area (Å²) < 4.78 is 18.6. The lowest BCUT2D eigenvalue weighted by atomic mass is 9.77. The zero-order valence-corrected chi connectivity index (χ0v) is 16.1. The second kappa shape index (κ2) is 9.03. The molecule has 27 heavy (non-hydrogen) atoms. The highest BCUT2D eigenvalue weighted by Gasteiger charge is 2.24. The van der Waals surface area contributed by atoms with Crippen molar-refractivity contribution >= 4 is 11.6 Å². The molecule has 0 bridgehead atoms. The molecule has 1 N–H and O–H groups in total. The van der Waals surface area contributed by atoms with E-state index in [0.29, 0.717) is 23.9 Å². The molecule has 1 saturated carbocycles. The number of hydrogen-bond donors (Lipinski definition) is 1. The Hall–Kier alpha value is -2.36. The van der Waals surface area contributed by atoms with Crippen LogP contribution >= 0.6 is 0 Å². The quantitative estimate of drug-likeness (QED) is 0.687. The van der Waals surface area contributed by atoms with Crippen LogP contribution in [0.2, 0.25) is 0 Å². The van der Waals surface area contributed by atoms with E-state index in [-0.39, 0.29) is 17.8 Å². The maximum absolute atomic E-state index is 12.9. The minimum absolute atomic E-state index is 0.0141. The molecule has 1 fully saturated rings. The number of halogens is 1. The van der Waals surface area contributed by atoms with Gasteiger partial charge >= 0.3 is 0 Å². The molecule has 1 aliphatic rings. The number of anilines is 1. The Labute approximate surface area is 160 Å². The fourth-order valence-electron chi connectivity index (χ4n) is 3.80. The van der Waals surface area contributed by atoms with Crippen molar-refractivity contribution in [1.29, 1.82) is 0 Å². The van der Waals surface area contributed by atoms with Crippen LogP contribution in [0.3, 0.4) is 0 Å². The third-order valence-electron chi connectivity index (χ3n) is 5.17. The molecule has 0 atom stereocenters. The van der Waals surface area contributed by atoms with Crippen LogP contribution in [-0.2, 0) is 4.79 Å². The number of ether oxygens (including phenoxy) is 1. The number of benzene rings is 2. The predicted octanol–water partition coefficient (Wildman–Crippen LogP) is 5.92. The summed E-state index contributed by atoms with van der Waals surface area (Å²) in [5, 5.41) is 2.86. The number of carbonyl (C=O) groups is 1. The Morgan fingerprint density at radius 1 is 1.04 bits per heavy atom. The van der Waals surface area contributed by atoms with E-state index in [1.54, 1.807) is 12.1 Å². The summed E-state index contributed by atoms with van der Waals surface area (Å²) in [6.07, 6.45) is 5.06. The van der Waals surface area contributed by atoms with Gasteiger partial charge in [-0.1, -0.05) is 12.1 Å². The van der Waals surface area contributed by atoms with E-state index < -0.39 is 0 Å². The fraction of sp³-hybridized carbons (Fsp3) is 0.435. The normalized spacial score (nSPS) is 19.7. The summed E-state index contributed by atoms with van der Waals surface area (Å²) in [6, 6.07) is 14.4. The second-order valence-electron chi connectivity index (χ2n) is 7.71. The van der Waals surface area contributed by atoms with E-state index in [1.807, 2.05) is 13.8 Å². The monoisotopic (exact) mass is 369 g/mol. The number of hydrogen-bond acceptors (Lipinski definition) is 2. The molecule has 0 heterocycles. The van der Waals surface area contributed by atoms with Crippen LogP contribution in [-0.4, -0.2) is 12.0 Å². The summed E-state index contributed by atoms with van der Waals surface area (Å²) in [4.78, 5) is 12.2. The van der Waals surface area contributed by atoms with E-state index in [9.17, 15) is 9.18 Å². The number of carbonyl (C=O) groups excluding carboxylic acids is 1. The first-order valence-corrected chi connectivity index (χ1v) is 9.81. The molecule has 4 heteroatoms. The van der Waals surface area contributed by atoms with Gasteiger partial charge in [0.15, 0.2) is 0 Å². The summed E-state index contributed by atoms with van der Waals surface area (Å²) in [5.41, 5.74) is 2.01. The molecular weight excluding hydrogens is 341 g/mol. The van der Waals surface area contributed by atoms with Crippen LogP contribution in [0, 0.1) is 11.7 Å². The maximum atomic E-state index is 12.9. The zero-order valence-electron chi connectivity index (χ0n) is 16.1. The Morgan fingerprint density at radius 2 is 1.67 bits per heavy atom. The molecule has 144 valence electrons. The molecule has 0 aromatic heterocycles. The van der Waals surface area contributed by atoms with Crippen molar-refractivity contribution in [2.24, 2.45) is 5.92 Å². The molecule has 2 aromatic rings. The Bertz CT molecular complexity index is 732. The SMILES string of the molecule is CC(C)Oc1ccc([C@H]2CC[C@H](CC(=O)Nc3ccc(F)cc3)CC2)cc1. The van der Waals surface area contributed by atoms with Crippen molar-refractivity contribution in [3.8, 4) is 5.75 Å². The lowest BCUT2D eigenvalue weighted by Crippen LogP contribution is -2.20. The number of rotatable bonds is 6. The molecule has 0 unspecified atom stereocenters. The van der Waals surface area contributed by atoms with E-state index in [2.05, 4.69) is 29.6 Å². The highest BCUT2D eigenvalue weighted by Crippen LogP contribution is 2.37. The van der Waals surface area contributed by atoms with Gasteiger partial charge in [-0.05, 0) is 93.3 Å². The molecule has 3 nitrogen and oxygen atoms in total. The first kappa shape index (κ1) is 19.4. The van der Waals surface area contributed by atoms with E-state index >= 15 is 0 Å². The molecule has 0 aliphatic heterocycles. The van der Waals surface area contributed by atoms with Gasteiger partial charge in [0, 0.05) is 12.1 Å². The summed E-state index contributed by atoms with van der Waals surface area (Å²) in [5.74, 6) is 1.62. The van der Waals surface area contributed by atoms with Crippen molar-refractivity contribution in [2.45, 2.75) is 58.0 Å². The van der Waals surface area contributed by atoms with Crippen molar-refractivity contribution in [2.75, 3.05) is 5.32 Å². The van der Waals surface area contributed by atoms with E-state index in [4.69, 9.17) is 4.74 Å². The van der Waals surface area contributed by atoms with Gasteiger partial charge < -0.3 is 10.1 Å². The lowest BCUT2D eigenvalue weighted by molar-refractivity contribution is -0.117. The average molecular weight is 369 g/mol. The third-order valence-corrected chi connectivity index (χ3v) is 5.17. The third kappa shape index (κ3) is 5.81. The molecule has 0 spiro atoms. The number of nitrogens with one attached hydrogen (secondary N) is 1. The van der Waals surface area contributed by atoms with Crippen LogP contribution in [0.5, 0.6) is 5.75 Å². The van der Waals surface area contributed by atoms with Crippen LogP contribution in [0.1, 0.15) is 57.4 Å². The molecule has 0 saturated heterocycles. The van der Waals surface area contributed by atoms with Gasteiger partial charge in [0.1, 0.15) is 11.6 Å². The van der Waals surface area contributed by atoms with Gasteiger partial charge in [-0.15, -0.1) is 0 Å². The second-order valence-corrected chi connectivity index (χ2v) is 7.71. The first-order valence-electron chi connectivity index (χ1n) is 9.81. The number of amides is 1. The van der Waals surface area contributed by atoms with Gasteiger partial charge in [0.2, 0.25) is 5.91 Å². The minimum atomic E-state index is -0.296. The highest BCUT2D eigenvalue weighted by atomic mass is 19.1.